The summed E-state index contributed by atoms with van der Waals surface area (Å²) in [6, 6.07) is 7.77. The SMILES string of the molecule is COc1ccc(C(=O)N(C)C(C(N)=O)c2cccc(F)c2)cc1S(=O)(=O)NC1CC1. The smallest absolute Gasteiger partial charge is 0.254 e. The number of likely N-dealkylation sites (N-methyl/N-ethyl adjacent to an activating group) is 1. The van der Waals surface area contributed by atoms with Crippen molar-refractivity contribution in [1.29, 1.82) is 0 Å². The van der Waals surface area contributed by atoms with Crippen LogP contribution < -0.4 is 15.2 Å². The van der Waals surface area contributed by atoms with Gasteiger partial charge >= 0.3 is 0 Å². The van der Waals surface area contributed by atoms with E-state index in [1.54, 1.807) is 0 Å². The van der Waals surface area contributed by atoms with Crippen LogP contribution in [0.25, 0.3) is 0 Å². The van der Waals surface area contributed by atoms with E-state index in [2.05, 4.69) is 4.72 Å². The van der Waals surface area contributed by atoms with E-state index in [4.69, 9.17) is 10.5 Å². The molecule has 2 aromatic carbocycles. The molecule has 1 unspecified atom stereocenters. The molecule has 0 heterocycles. The lowest BCUT2D eigenvalue weighted by molar-refractivity contribution is -0.122. The Labute approximate surface area is 173 Å². The van der Waals surface area contributed by atoms with Crippen molar-refractivity contribution in [2.75, 3.05) is 14.2 Å². The van der Waals surface area contributed by atoms with Gasteiger partial charge in [-0.05, 0) is 48.7 Å². The van der Waals surface area contributed by atoms with E-state index in [-0.39, 0.29) is 27.8 Å². The Morgan fingerprint density at radius 1 is 1.23 bits per heavy atom. The van der Waals surface area contributed by atoms with E-state index in [1.807, 2.05) is 0 Å². The maximum atomic E-state index is 13.6. The Kier molecular flexibility index (Phi) is 6.09. The summed E-state index contributed by atoms with van der Waals surface area (Å²) in [6.07, 6.45) is 1.49. The van der Waals surface area contributed by atoms with Crippen molar-refractivity contribution in [2.24, 2.45) is 5.73 Å². The van der Waals surface area contributed by atoms with Gasteiger partial charge in [0.2, 0.25) is 15.9 Å². The van der Waals surface area contributed by atoms with Gasteiger partial charge in [-0.25, -0.2) is 17.5 Å². The predicted molar refractivity (Wildman–Crippen MR) is 107 cm³/mol. The Bertz CT molecular complexity index is 1090. The number of benzene rings is 2. The third kappa shape index (κ3) is 4.60. The average molecular weight is 435 g/mol. The molecule has 10 heteroatoms. The van der Waals surface area contributed by atoms with Gasteiger partial charge in [0.15, 0.2) is 0 Å². The molecule has 3 rings (SSSR count). The van der Waals surface area contributed by atoms with Gasteiger partial charge in [0.25, 0.3) is 5.91 Å². The number of nitrogens with two attached hydrogens (primary N) is 1. The lowest BCUT2D eigenvalue weighted by Gasteiger charge is -2.26. The predicted octanol–water partition coefficient (Wildman–Crippen LogP) is 1.57. The van der Waals surface area contributed by atoms with Gasteiger partial charge in [-0.2, -0.15) is 0 Å². The highest BCUT2D eigenvalue weighted by atomic mass is 32.2. The number of halogens is 1. The van der Waals surface area contributed by atoms with Crippen molar-refractivity contribution in [1.82, 2.24) is 9.62 Å². The topological polar surface area (TPSA) is 119 Å². The number of nitrogens with zero attached hydrogens (tertiary/aromatic N) is 1. The molecule has 0 saturated heterocycles. The van der Waals surface area contributed by atoms with Crippen LogP contribution in [0.1, 0.15) is 34.8 Å². The minimum Gasteiger partial charge on any atom is -0.495 e. The van der Waals surface area contributed by atoms with Crippen LogP contribution >= 0.6 is 0 Å². The quantitative estimate of drug-likeness (QED) is 0.653. The van der Waals surface area contributed by atoms with Crippen LogP contribution in [0.5, 0.6) is 5.75 Å². The number of sulfonamides is 1. The third-order valence-electron chi connectivity index (χ3n) is 4.74. The fraction of sp³-hybridized carbons (Fsp3) is 0.300. The van der Waals surface area contributed by atoms with Crippen LogP contribution in [0.2, 0.25) is 0 Å². The van der Waals surface area contributed by atoms with Gasteiger partial charge in [-0.3, -0.25) is 9.59 Å². The highest BCUT2D eigenvalue weighted by Crippen LogP contribution is 2.29. The van der Waals surface area contributed by atoms with Gasteiger partial charge in [0.05, 0.1) is 7.11 Å². The Balaban J connectivity index is 1.96. The first-order valence-electron chi connectivity index (χ1n) is 9.16. The second kappa shape index (κ2) is 8.41. The highest BCUT2D eigenvalue weighted by Gasteiger charge is 2.32. The maximum Gasteiger partial charge on any atom is 0.254 e. The number of carbonyl (C=O) groups excluding carboxylic acids is 2. The molecule has 30 heavy (non-hydrogen) atoms. The highest BCUT2D eigenvalue weighted by molar-refractivity contribution is 7.89. The molecule has 1 atom stereocenters. The second-order valence-electron chi connectivity index (χ2n) is 7.04. The molecule has 0 aromatic heterocycles. The normalized spacial score (nSPS) is 14.8. The summed E-state index contributed by atoms with van der Waals surface area (Å²) in [4.78, 5) is 25.9. The van der Waals surface area contributed by atoms with Crippen molar-refractivity contribution in [3.8, 4) is 5.75 Å². The molecule has 0 bridgehead atoms. The van der Waals surface area contributed by atoms with E-state index in [0.717, 1.165) is 23.8 Å². The first-order valence-corrected chi connectivity index (χ1v) is 10.6. The summed E-state index contributed by atoms with van der Waals surface area (Å²) in [5.74, 6) is -2.01. The fourth-order valence-electron chi connectivity index (χ4n) is 3.08. The number of nitrogens with one attached hydrogen (secondary N) is 1. The van der Waals surface area contributed by atoms with E-state index in [1.165, 1.54) is 50.6 Å². The number of amides is 2. The molecule has 8 nitrogen and oxygen atoms in total. The summed E-state index contributed by atoms with van der Waals surface area (Å²) < 4.78 is 46.6. The average Bonchev–Trinajstić information content (AvgIpc) is 3.50. The Hall–Kier alpha value is -2.98. The van der Waals surface area contributed by atoms with Gasteiger partial charge in [0, 0.05) is 18.7 Å². The molecular weight excluding hydrogens is 413 g/mol. The zero-order valence-electron chi connectivity index (χ0n) is 16.5. The number of rotatable bonds is 8. The van der Waals surface area contributed by atoms with E-state index < -0.39 is 33.7 Å². The zero-order valence-corrected chi connectivity index (χ0v) is 17.3. The largest absolute Gasteiger partial charge is 0.495 e. The molecule has 1 saturated carbocycles. The molecule has 0 radical (unpaired) electrons. The monoisotopic (exact) mass is 435 g/mol. The van der Waals surface area contributed by atoms with Gasteiger partial charge in [0.1, 0.15) is 22.5 Å². The number of hydrogen-bond donors (Lipinski definition) is 2. The van der Waals surface area contributed by atoms with Crippen LogP contribution in [-0.2, 0) is 14.8 Å². The summed E-state index contributed by atoms with van der Waals surface area (Å²) in [5, 5.41) is 0. The number of methoxy groups -OCH3 is 1. The minimum absolute atomic E-state index is 0.0112. The number of primary amides is 1. The van der Waals surface area contributed by atoms with Crippen molar-refractivity contribution in [2.45, 2.75) is 29.8 Å². The molecule has 2 aromatic rings. The summed E-state index contributed by atoms with van der Waals surface area (Å²) >= 11 is 0. The van der Waals surface area contributed by atoms with Crippen molar-refractivity contribution in [3.63, 3.8) is 0 Å². The van der Waals surface area contributed by atoms with Crippen LogP contribution in [-0.4, -0.2) is 45.3 Å². The molecule has 1 aliphatic rings. The molecule has 160 valence electrons. The van der Waals surface area contributed by atoms with Gasteiger partial charge in [-0.1, -0.05) is 12.1 Å². The number of carbonyl (C=O) groups is 2. The van der Waals surface area contributed by atoms with E-state index in [0.29, 0.717) is 0 Å². The lowest BCUT2D eigenvalue weighted by Crippen LogP contribution is -2.39. The zero-order chi connectivity index (χ0) is 22.1. The molecule has 1 fully saturated rings. The minimum atomic E-state index is -3.90. The number of hydrogen-bond acceptors (Lipinski definition) is 5. The summed E-state index contributed by atoms with van der Waals surface area (Å²) in [6.45, 7) is 0. The lowest BCUT2D eigenvalue weighted by atomic mass is 10.0. The van der Waals surface area contributed by atoms with Crippen LogP contribution in [0.15, 0.2) is 47.4 Å². The van der Waals surface area contributed by atoms with Gasteiger partial charge < -0.3 is 15.4 Å². The van der Waals surface area contributed by atoms with Crippen LogP contribution in [0.4, 0.5) is 4.39 Å². The second-order valence-corrected chi connectivity index (χ2v) is 8.72. The van der Waals surface area contributed by atoms with Crippen molar-refractivity contribution >= 4 is 21.8 Å². The molecular formula is C20H22FN3O5S. The molecule has 3 N–H and O–H groups in total. The van der Waals surface area contributed by atoms with Crippen LogP contribution in [0.3, 0.4) is 0 Å². The van der Waals surface area contributed by atoms with Crippen LogP contribution in [0, 0.1) is 5.82 Å². The Morgan fingerprint density at radius 3 is 2.50 bits per heavy atom. The molecule has 0 spiro atoms. The van der Waals surface area contributed by atoms with E-state index >= 15 is 0 Å². The number of ether oxygens (including phenoxy) is 1. The van der Waals surface area contributed by atoms with Crippen molar-refractivity contribution < 1.29 is 27.1 Å². The first-order chi connectivity index (χ1) is 14.1. The summed E-state index contributed by atoms with van der Waals surface area (Å²) in [7, 11) is -1.24. The van der Waals surface area contributed by atoms with E-state index in [9.17, 15) is 22.4 Å². The van der Waals surface area contributed by atoms with Crippen molar-refractivity contribution in [3.05, 3.63) is 59.4 Å². The summed E-state index contributed by atoms with van der Waals surface area (Å²) in [5.41, 5.74) is 5.68. The third-order valence-corrected chi connectivity index (χ3v) is 6.28. The molecule has 0 aliphatic heterocycles. The standard InChI is InChI=1S/C20H22FN3O5S/c1-24(18(19(22)25)12-4-3-5-14(21)10-12)20(26)13-6-9-16(29-2)17(11-13)30(27,28)23-15-7-8-15/h3-6,9-11,15,18,23H,7-8H2,1-2H3,(H2,22,25). The fourth-order valence-corrected chi connectivity index (χ4v) is 4.58. The molecule has 1 aliphatic carbocycles. The Morgan fingerprint density at radius 2 is 1.93 bits per heavy atom. The van der Waals surface area contributed by atoms with Gasteiger partial charge in [-0.15, -0.1) is 0 Å². The maximum absolute atomic E-state index is 13.6. The molecule has 2 amide bonds. The first kappa shape index (κ1) is 21.7.